The molecule has 1 saturated heterocycles. The van der Waals surface area contributed by atoms with Crippen LogP contribution >= 0.6 is 0 Å². The third-order valence-electron chi connectivity index (χ3n) is 3.09. The van der Waals surface area contributed by atoms with E-state index in [-0.39, 0.29) is 0 Å². The summed E-state index contributed by atoms with van der Waals surface area (Å²) < 4.78 is 5.22. The van der Waals surface area contributed by atoms with Crippen molar-refractivity contribution >= 4 is 0 Å². The fraction of sp³-hybridized carbons (Fsp3) is 0.538. The Morgan fingerprint density at radius 2 is 2.13 bits per heavy atom. The molecule has 2 nitrogen and oxygen atoms in total. The molecule has 0 aromatic heterocycles. The van der Waals surface area contributed by atoms with Crippen LogP contribution in [0.4, 0.5) is 0 Å². The van der Waals surface area contributed by atoms with E-state index in [1.54, 1.807) is 7.11 Å². The fourth-order valence-electron chi connectivity index (χ4n) is 2.25. The van der Waals surface area contributed by atoms with Gasteiger partial charge in [0.15, 0.2) is 0 Å². The van der Waals surface area contributed by atoms with Crippen molar-refractivity contribution in [2.75, 3.05) is 20.2 Å². The van der Waals surface area contributed by atoms with Gasteiger partial charge in [0, 0.05) is 7.11 Å². The van der Waals surface area contributed by atoms with Crippen LogP contribution in [-0.4, -0.2) is 20.2 Å². The Morgan fingerprint density at radius 1 is 1.33 bits per heavy atom. The van der Waals surface area contributed by atoms with Crippen molar-refractivity contribution in [1.82, 2.24) is 5.32 Å². The molecule has 1 unspecified atom stereocenters. The third kappa shape index (κ3) is 2.80. The monoisotopic (exact) mass is 205 g/mol. The van der Waals surface area contributed by atoms with Crippen LogP contribution in [0.1, 0.15) is 17.5 Å². The second kappa shape index (κ2) is 5.29. The highest BCUT2D eigenvalue weighted by molar-refractivity contribution is 5.27. The SMILES string of the molecule is COCc1ccccc1CC1CCNC1. The number of hydrogen-bond donors (Lipinski definition) is 1. The van der Waals surface area contributed by atoms with Gasteiger partial charge >= 0.3 is 0 Å². The molecule has 0 amide bonds. The average Bonchev–Trinajstić information content (AvgIpc) is 2.74. The largest absolute Gasteiger partial charge is 0.380 e. The summed E-state index contributed by atoms with van der Waals surface area (Å²) in [6.45, 7) is 3.08. The molecule has 1 aliphatic heterocycles. The quantitative estimate of drug-likeness (QED) is 0.811. The molecule has 15 heavy (non-hydrogen) atoms. The highest BCUT2D eigenvalue weighted by Gasteiger charge is 2.15. The van der Waals surface area contributed by atoms with Crippen LogP contribution in [0.25, 0.3) is 0 Å². The van der Waals surface area contributed by atoms with Gasteiger partial charge in [-0.05, 0) is 43.0 Å². The number of benzene rings is 1. The van der Waals surface area contributed by atoms with Gasteiger partial charge in [0.2, 0.25) is 0 Å². The minimum Gasteiger partial charge on any atom is -0.380 e. The molecule has 0 radical (unpaired) electrons. The van der Waals surface area contributed by atoms with Crippen molar-refractivity contribution in [2.45, 2.75) is 19.4 Å². The van der Waals surface area contributed by atoms with E-state index in [0.717, 1.165) is 12.5 Å². The molecule has 0 bridgehead atoms. The minimum atomic E-state index is 0.732. The zero-order valence-electron chi connectivity index (χ0n) is 9.33. The summed E-state index contributed by atoms with van der Waals surface area (Å²) >= 11 is 0. The van der Waals surface area contributed by atoms with Crippen LogP contribution in [0.5, 0.6) is 0 Å². The van der Waals surface area contributed by atoms with Crippen LogP contribution < -0.4 is 5.32 Å². The molecule has 0 aliphatic carbocycles. The van der Waals surface area contributed by atoms with E-state index in [4.69, 9.17) is 4.74 Å². The van der Waals surface area contributed by atoms with E-state index in [2.05, 4.69) is 29.6 Å². The van der Waals surface area contributed by atoms with Crippen LogP contribution in [0.2, 0.25) is 0 Å². The molecule has 82 valence electrons. The maximum atomic E-state index is 5.22. The number of methoxy groups -OCH3 is 1. The minimum absolute atomic E-state index is 0.732. The van der Waals surface area contributed by atoms with Crippen LogP contribution in [-0.2, 0) is 17.8 Å². The summed E-state index contributed by atoms with van der Waals surface area (Å²) in [5, 5.41) is 3.41. The molecular weight excluding hydrogens is 186 g/mol. The standard InChI is InChI=1S/C13H19NO/c1-15-10-13-5-3-2-4-12(13)8-11-6-7-14-9-11/h2-5,11,14H,6-10H2,1H3. The lowest BCUT2D eigenvalue weighted by Crippen LogP contribution is -2.11. The smallest absolute Gasteiger partial charge is 0.0715 e. The van der Waals surface area contributed by atoms with E-state index in [9.17, 15) is 0 Å². The summed E-state index contributed by atoms with van der Waals surface area (Å²) in [5.74, 6) is 0.808. The molecule has 2 heteroatoms. The lowest BCUT2D eigenvalue weighted by Gasteiger charge is -2.12. The summed E-state index contributed by atoms with van der Waals surface area (Å²) in [4.78, 5) is 0. The zero-order chi connectivity index (χ0) is 10.5. The Bertz CT molecular complexity index is 305. The second-order valence-corrected chi connectivity index (χ2v) is 4.26. The van der Waals surface area contributed by atoms with Gasteiger partial charge in [0.1, 0.15) is 0 Å². The fourth-order valence-corrected chi connectivity index (χ4v) is 2.25. The summed E-state index contributed by atoms with van der Waals surface area (Å²) in [7, 11) is 1.76. The predicted molar refractivity (Wildman–Crippen MR) is 61.8 cm³/mol. The van der Waals surface area contributed by atoms with Gasteiger partial charge in [-0.1, -0.05) is 24.3 Å². The van der Waals surface area contributed by atoms with Crippen molar-refractivity contribution in [3.05, 3.63) is 35.4 Å². The first-order valence-electron chi connectivity index (χ1n) is 5.66. The van der Waals surface area contributed by atoms with Crippen LogP contribution in [0, 0.1) is 5.92 Å². The van der Waals surface area contributed by atoms with Crippen molar-refractivity contribution in [1.29, 1.82) is 0 Å². The lowest BCUT2D eigenvalue weighted by molar-refractivity contribution is 0.184. The van der Waals surface area contributed by atoms with E-state index < -0.39 is 0 Å². The van der Waals surface area contributed by atoms with Crippen LogP contribution in [0.15, 0.2) is 24.3 Å². The molecule has 1 N–H and O–H groups in total. The Kier molecular flexibility index (Phi) is 3.75. The van der Waals surface area contributed by atoms with Gasteiger partial charge in [-0.15, -0.1) is 0 Å². The molecule has 1 fully saturated rings. The summed E-state index contributed by atoms with van der Waals surface area (Å²) in [6, 6.07) is 8.61. The first-order valence-corrected chi connectivity index (χ1v) is 5.66. The lowest BCUT2D eigenvalue weighted by atomic mass is 9.95. The predicted octanol–water partition coefficient (Wildman–Crippen LogP) is 1.98. The van der Waals surface area contributed by atoms with Gasteiger partial charge in [-0.2, -0.15) is 0 Å². The number of nitrogens with one attached hydrogen (secondary N) is 1. The highest BCUT2D eigenvalue weighted by atomic mass is 16.5. The maximum Gasteiger partial charge on any atom is 0.0715 e. The summed E-state index contributed by atoms with van der Waals surface area (Å²) in [6.07, 6.45) is 2.49. The van der Waals surface area contributed by atoms with Crippen molar-refractivity contribution in [3.63, 3.8) is 0 Å². The topological polar surface area (TPSA) is 21.3 Å². The number of hydrogen-bond acceptors (Lipinski definition) is 2. The second-order valence-electron chi connectivity index (χ2n) is 4.26. The Hall–Kier alpha value is -0.860. The number of rotatable bonds is 4. The molecular formula is C13H19NO. The van der Waals surface area contributed by atoms with Gasteiger partial charge < -0.3 is 10.1 Å². The zero-order valence-corrected chi connectivity index (χ0v) is 9.33. The Labute approximate surface area is 91.6 Å². The van der Waals surface area contributed by atoms with E-state index in [1.165, 1.54) is 37.1 Å². The molecule has 2 rings (SSSR count). The maximum absolute atomic E-state index is 5.22. The first kappa shape index (κ1) is 10.7. The molecule has 1 aromatic carbocycles. The molecule has 1 atom stereocenters. The molecule has 1 heterocycles. The van der Waals surface area contributed by atoms with E-state index >= 15 is 0 Å². The Balaban J connectivity index is 2.05. The van der Waals surface area contributed by atoms with Gasteiger partial charge in [0.05, 0.1) is 6.61 Å². The molecule has 0 spiro atoms. The van der Waals surface area contributed by atoms with Crippen molar-refractivity contribution in [2.24, 2.45) is 5.92 Å². The molecule has 0 saturated carbocycles. The summed E-state index contributed by atoms with van der Waals surface area (Å²) in [5.41, 5.74) is 2.79. The van der Waals surface area contributed by atoms with Crippen LogP contribution in [0.3, 0.4) is 0 Å². The average molecular weight is 205 g/mol. The first-order chi connectivity index (χ1) is 7.40. The van der Waals surface area contributed by atoms with E-state index in [1.807, 2.05) is 0 Å². The Morgan fingerprint density at radius 3 is 2.80 bits per heavy atom. The van der Waals surface area contributed by atoms with Gasteiger partial charge in [0.25, 0.3) is 0 Å². The van der Waals surface area contributed by atoms with Crippen molar-refractivity contribution in [3.8, 4) is 0 Å². The van der Waals surface area contributed by atoms with Crippen molar-refractivity contribution < 1.29 is 4.74 Å². The normalized spacial score (nSPS) is 20.7. The molecule has 1 aliphatic rings. The van der Waals surface area contributed by atoms with E-state index in [0.29, 0.717) is 0 Å². The highest BCUT2D eigenvalue weighted by Crippen LogP contribution is 2.18. The number of ether oxygens (including phenoxy) is 1. The third-order valence-corrected chi connectivity index (χ3v) is 3.09. The molecule has 1 aromatic rings. The van der Waals surface area contributed by atoms with Gasteiger partial charge in [-0.3, -0.25) is 0 Å². The van der Waals surface area contributed by atoms with Gasteiger partial charge in [-0.25, -0.2) is 0 Å².